The summed E-state index contributed by atoms with van der Waals surface area (Å²) in [6.07, 6.45) is 1.52. The van der Waals surface area contributed by atoms with Crippen molar-refractivity contribution in [2.75, 3.05) is 20.1 Å². The molecule has 2 heteroatoms. The molecule has 9 heavy (non-hydrogen) atoms. The Bertz CT molecular complexity index is 91.1. The van der Waals surface area contributed by atoms with Gasteiger partial charge in [0.1, 0.15) is 5.78 Å². The van der Waals surface area contributed by atoms with Crippen LogP contribution in [0.1, 0.15) is 20.3 Å². The second kappa shape index (κ2) is 3.62. The van der Waals surface area contributed by atoms with Gasteiger partial charge in [-0.2, -0.15) is 0 Å². The van der Waals surface area contributed by atoms with E-state index in [4.69, 9.17) is 0 Å². The Labute approximate surface area is 56.9 Å². The van der Waals surface area contributed by atoms with E-state index in [1.807, 2.05) is 7.05 Å². The first kappa shape index (κ1) is 8.63. The molecule has 1 heterocycles. The molecule has 1 aliphatic heterocycles. The average molecular weight is 129 g/mol. The molecule has 0 radical (unpaired) electrons. The van der Waals surface area contributed by atoms with Gasteiger partial charge in [0.05, 0.1) is 0 Å². The Hall–Kier alpha value is -0.370. The molecule has 0 saturated carbocycles. The van der Waals surface area contributed by atoms with Crippen molar-refractivity contribution in [1.82, 2.24) is 4.90 Å². The zero-order valence-electron chi connectivity index (χ0n) is 5.18. The Balaban J connectivity index is 0.000000640. The monoisotopic (exact) mass is 129 g/mol. The van der Waals surface area contributed by atoms with Gasteiger partial charge in [-0.25, -0.2) is 0 Å². The lowest BCUT2D eigenvalue weighted by atomic mass is 10.1. The number of carbonyl (C=O) groups is 1. The lowest BCUT2D eigenvalue weighted by molar-refractivity contribution is -0.121. The van der Waals surface area contributed by atoms with Gasteiger partial charge in [0, 0.05) is 25.9 Å². The van der Waals surface area contributed by atoms with Crippen LogP contribution in [0.15, 0.2) is 0 Å². The first-order valence-electron chi connectivity index (χ1n) is 2.99. The number of carbonyl (C=O) groups excluding carboxylic acids is 1. The molecule has 0 N–H and O–H groups in total. The molecule has 2 nitrogen and oxygen atoms in total. The zero-order chi connectivity index (χ0) is 5.98. The molecule has 0 aromatic carbocycles. The molecule has 1 fully saturated rings. The van der Waals surface area contributed by atoms with Gasteiger partial charge in [-0.1, -0.05) is 7.43 Å². The fourth-order valence-corrected chi connectivity index (χ4v) is 0.868. The summed E-state index contributed by atoms with van der Waals surface area (Å²) < 4.78 is 0. The Morgan fingerprint density at radius 1 is 1.33 bits per heavy atom. The van der Waals surface area contributed by atoms with Gasteiger partial charge >= 0.3 is 0 Å². The van der Waals surface area contributed by atoms with Crippen molar-refractivity contribution < 1.29 is 4.79 Å². The van der Waals surface area contributed by atoms with Crippen LogP contribution in [0.3, 0.4) is 0 Å². The van der Waals surface area contributed by atoms with Gasteiger partial charge in [0.15, 0.2) is 0 Å². The van der Waals surface area contributed by atoms with E-state index in [9.17, 15) is 4.79 Å². The second-order valence-corrected chi connectivity index (χ2v) is 2.34. The molecule has 0 unspecified atom stereocenters. The Morgan fingerprint density at radius 3 is 2.11 bits per heavy atom. The van der Waals surface area contributed by atoms with Crippen molar-refractivity contribution in [3.05, 3.63) is 0 Å². The Kier molecular flexibility index (Phi) is 3.47. The van der Waals surface area contributed by atoms with Crippen LogP contribution < -0.4 is 0 Å². The first-order valence-corrected chi connectivity index (χ1v) is 2.99. The summed E-state index contributed by atoms with van der Waals surface area (Å²) in [4.78, 5) is 12.8. The molecule has 0 aromatic rings. The van der Waals surface area contributed by atoms with Crippen LogP contribution in [0.5, 0.6) is 0 Å². The predicted molar refractivity (Wildman–Crippen MR) is 38.5 cm³/mol. The van der Waals surface area contributed by atoms with Crippen LogP contribution in [0.25, 0.3) is 0 Å². The number of nitrogens with zero attached hydrogens (tertiary/aromatic N) is 1. The van der Waals surface area contributed by atoms with Crippen LogP contribution in [0.2, 0.25) is 0 Å². The number of ketones is 1. The van der Waals surface area contributed by atoms with Crippen LogP contribution in [0.4, 0.5) is 0 Å². The maximum absolute atomic E-state index is 10.6. The predicted octanol–water partition coefficient (Wildman–Crippen LogP) is 0.917. The van der Waals surface area contributed by atoms with Crippen molar-refractivity contribution in [1.29, 1.82) is 0 Å². The second-order valence-electron chi connectivity index (χ2n) is 2.34. The van der Waals surface area contributed by atoms with Crippen molar-refractivity contribution in [2.45, 2.75) is 20.3 Å². The third-order valence-corrected chi connectivity index (χ3v) is 1.54. The van der Waals surface area contributed by atoms with Gasteiger partial charge in [-0.3, -0.25) is 4.79 Å². The molecular formula is C7H15NO. The van der Waals surface area contributed by atoms with Crippen molar-refractivity contribution >= 4 is 5.78 Å². The maximum Gasteiger partial charge on any atom is 0.135 e. The van der Waals surface area contributed by atoms with Gasteiger partial charge in [0.25, 0.3) is 0 Å². The van der Waals surface area contributed by atoms with E-state index in [0.717, 1.165) is 25.9 Å². The first-order chi connectivity index (χ1) is 3.79. The van der Waals surface area contributed by atoms with E-state index in [0.29, 0.717) is 5.78 Å². The summed E-state index contributed by atoms with van der Waals surface area (Å²) >= 11 is 0. The third kappa shape index (κ3) is 2.61. The average Bonchev–Trinajstić information content (AvgIpc) is 1.77. The van der Waals surface area contributed by atoms with E-state index in [1.54, 1.807) is 0 Å². The van der Waals surface area contributed by atoms with Crippen LogP contribution in [-0.2, 0) is 4.79 Å². The van der Waals surface area contributed by atoms with Gasteiger partial charge in [-0.05, 0) is 7.05 Å². The quantitative estimate of drug-likeness (QED) is 0.484. The normalized spacial score (nSPS) is 21.2. The summed E-state index contributed by atoms with van der Waals surface area (Å²) in [5.41, 5.74) is 0. The smallest absolute Gasteiger partial charge is 0.135 e. The number of hydrogen-bond donors (Lipinski definition) is 0. The molecule has 1 rings (SSSR count). The summed E-state index contributed by atoms with van der Waals surface area (Å²) in [6, 6.07) is 0. The highest BCUT2D eigenvalue weighted by Crippen LogP contribution is 2.01. The zero-order valence-corrected chi connectivity index (χ0v) is 5.18. The molecule has 0 bridgehead atoms. The number of piperidine rings is 1. The highest BCUT2D eigenvalue weighted by Gasteiger charge is 2.10. The van der Waals surface area contributed by atoms with E-state index in [-0.39, 0.29) is 7.43 Å². The minimum atomic E-state index is 0. The molecule has 1 aliphatic rings. The summed E-state index contributed by atoms with van der Waals surface area (Å²) in [6.45, 7) is 1.91. The van der Waals surface area contributed by atoms with E-state index in [2.05, 4.69) is 4.90 Å². The number of hydrogen-bond acceptors (Lipinski definition) is 2. The van der Waals surface area contributed by atoms with Gasteiger partial charge in [-0.15, -0.1) is 0 Å². The number of Topliss-reactive ketones (excluding diaryl/α,β-unsaturated/α-hetero) is 1. The lowest BCUT2D eigenvalue weighted by Gasteiger charge is -2.19. The SMILES string of the molecule is C.CN1CCC(=O)CC1. The van der Waals surface area contributed by atoms with Crippen molar-refractivity contribution in [2.24, 2.45) is 0 Å². The fourth-order valence-electron chi connectivity index (χ4n) is 0.868. The van der Waals surface area contributed by atoms with E-state index in [1.165, 1.54) is 0 Å². The van der Waals surface area contributed by atoms with Crippen LogP contribution >= 0.6 is 0 Å². The molecule has 0 aromatic heterocycles. The summed E-state index contributed by atoms with van der Waals surface area (Å²) in [7, 11) is 2.05. The van der Waals surface area contributed by atoms with Gasteiger partial charge < -0.3 is 4.90 Å². The van der Waals surface area contributed by atoms with E-state index >= 15 is 0 Å². The summed E-state index contributed by atoms with van der Waals surface area (Å²) in [5.74, 6) is 0.420. The molecule has 1 saturated heterocycles. The number of rotatable bonds is 0. The molecule has 0 amide bonds. The van der Waals surface area contributed by atoms with Crippen molar-refractivity contribution in [3.63, 3.8) is 0 Å². The van der Waals surface area contributed by atoms with E-state index < -0.39 is 0 Å². The maximum atomic E-state index is 10.6. The standard InChI is InChI=1S/C6H11NO.CH4/c1-7-4-2-6(8)3-5-7;/h2-5H2,1H3;1H4. The van der Waals surface area contributed by atoms with Gasteiger partial charge in [0.2, 0.25) is 0 Å². The summed E-state index contributed by atoms with van der Waals surface area (Å²) in [5, 5.41) is 0. The fraction of sp³-hybridized carbons (Fsp3) is 0.857. The molecule has 0 atom stereocenters. The highest BCUT2D eigenvalue weighted by atomic mass is 16.1. The Morgan fingerprint density at radius 2 is 1.78 bits per heavy atom. The van der Waals surface area contributed by atoms with Crippen LogP contribution in [-0.4, -0.2) is 30.8 Å². The molecule has 54 valence electrons. The van der Waals surface area contributed by atoms with Crippen molar-refractivity contribution in [3.8, 4) is 0 Å². The molecule has 0 aliphatic carbocycles. The minimum absolute atomic E-state index is 0. The minimum Gasteiger partial charge on any atom is -0.305 e. The van der Waals surface area contributed by atoms with Crippen LogP contribution in [0, 0.1) is 0 Å². The molecular weight excluding hydrogens is 114 g/mol. The number of likely N-dealkylation sites (tertiary alicyclic amines) is 1. The lowest BCUT2D eigenvalue weighted by Crippen LogP contribution is -2.29. The third-order valence-electron chi connectivity index (χ3n) is 1.54. The highest BCUT2D eigenvalue weighted by molar-refractivity contribution is 5.79. The largest absolute Gasteiger partial charge is 0.305 e. The topological polar surface area (TPSA) is 20.3 Å². The molecule has 0 spiro atoms.